The standard InChI is InChI=1S/C14H24N4O/c1-10-12(8-16-18(10)14(2,3)4)13(19)17-7-5-6-11(15)9-17/h8,11H,5-7,9,15H2,1-4H3/t11-/m0/s1. The van der Waals surface area contributed by atoms with Gasteiger partial charge in [-0.3, -0.25) is 9.48 Å². The number of nitrogens with two attached hydrogens (primary N) is 1. The number of hydrogen-bond donors (Lipinski definition) is 1. The van der Waals surface area contributed by atoms with Gasteiger partial charge in [0.05, 0.1) is 17.3 Å². The molecule has 0 aliphatic carbocycles. The van der Waals surface area contributed by atoms with Crippen LogP contribution in [-0.4, -0.2) is 39.7 Å². The van der Waals surface area contributed by atoms with Crippen LogP contribution in [0.1, 0.15) is 49.7 Å². The molecule has 2 rings (SSSR count). The minimum absolute atomic E-state index is 0.0585. The van der Waals surface area contributed by atoms with Gasteiger partial charge in [0.1, 0.15) is 0 Å². The molecular weight excluding hydrogens is 240 g/mol. The van der Waals surface area contributed by atoms with E-state index in [-0.39, 0.29) is 17.5 Å². The third-order valence-electron chi connectivity index (χ3n) is 3.62. The van der Waals surface area contributed by atoms with E-state index in [1.807, 2.05) is 16.5 Å². The molecule has 0 bridgehead atoms. The van der Waals surface area contributed by atoms with Crippen LogP contribution in [0, 0.1) is 6.92 Å². The molecule has 0 saturated carbocycles. The molecule has 5 nitrogen and oxygen atoms in total. The summed E-state index contributed by atoms with van der Waals surface area (Å²) < 4.78 is 1.91. The van der Waals surface area contributed by atoms with E-state index in [0.717, 1.165) is 25.1 Å². The molecule has 1 aliphatic heterocycles. The molecule has 0 spiro atoms. The zero-order valence-electron chi connectivity index (χ0n) is 12.3. The Bertz CT molecular complexity index is 472. The normalized spacial score (nSPS) is 20.7. The number of carbonyl (C=O) groups is 1. The molecule has 2 N–H and O–H groups in total. The Hall–Kier alpha value is -1.36. The Kier molecular flexibility index (Phi) is 3.67. The van der Waals surface area contributed by atoms with Crippen molar-refractivity contribution >= 4 is 5.91 Å². The Morgan fingerprint density at radius 1 is 1.47 bits per heavy atom. The second kappa shape index (κ2) is 4.96. The number of piperidine rings is 1. The second-order valence-corrected chi connectivity index (χ2v) is 6.38. The highest BCUT2D eigenvalue weighted by atomic mass is 16.2. The lowest BCUT2D eigenvalue weighted by atomic mass is 10.1. The van der Waals surface area contributed by atoms with E-state index in [4.69, 9.17) is 5.73 Å². The number of amides is 1. The molecular formula is C14H24N4O. The van der Waals surface area contributed by atoms with Crippen molar-refractivity contribution < 1.29 is 4.79 Å². The molecule has 1 aromatic heterocycles. The van der Waals surface area contributed by atoms with Crippen molar-refractivity contribution in [2.45, 2.75) is 52.1 Å². The Balaban J connectivity index is 2.22. The summed E-state index contributed by atoms with van der Waals surface area (Å²) in [6.45, 7) is 9.65. The van der Waals surface area contributed by atoms with Crippen LogP contribution in [0.4, 0.5) is 0 Å². The van der Waals surface area contributed by atoms with Gasteiger partial charge in [-0.25, -0.2) is 0 Å². The van der Waals surface area contributed by atoms with Crippen molar-refractivity contribution in [2.24, 2.45) is 5.73 Å². The summed E-state index contributed by atoms with van der Waals surface area (Å²) in [6, 6.07) is 0.107. The zero-order valence-corrected chi connectivity index (χ0v) is 12.3. The Morgan fingerprint density at radius 2 is 2.16 bits per heavy atom. The fourth-order valence-electron chi connectivity index (χ4n) is 2.66. The molecule has 5 heteroatoms. The van der Waals surface area contributed by atoms with E-state index in [1.165, 1.54) is 0 Å². The van der Waals surface area contributed by atoms with E-state index in [2.05, 4.69) is 25.9 Å². The Morgan fingerprint density at radius 3 is 2.68 bits per heavy atom. The molecule has 19 heavy (non-hydrogen) atoms. The number of aromatic nitrogens is 2. The lowest BCUT2D eigenvalue weighted by Crippen LogP contribution is -2.45. The highest BCUT2D eigenvalue weighted by Gasteiger charge is 2.27. The van der Waals surface area contributed by atoms with Crippen LogP contribution in [0.3, 0.4) is 0 Å². The summed E-state index contributed by atoms with van der Waals surface area (Å²) in [5, 5.41) is 4.36. The van der Waals surface area contributed by atoms with E-state index in [9.17, 15) is 4.79 Å². The van der Waals surface area contributed by atoms with Crippen molar-refractivity contribution in [2.75, 3.05) is 13.1 Å². The second-order valence-electron chi connectivity index (χ2n) is 6.38. The van der Waals surface area contributed by atoms with E-state index >= 15 is 0 Å². The first-order chi connectivity index (χ1) is 8.80. The maximum atomic E-state index is 12.5. The van der Waals surface area contributed by atoms with Gasteiger partial charge < -0.3 is 10.6 Å². The summed E-state index contributed by atoms with van der Waals surface area (Å²) in [5.41, 5.74) is 7.45. The lowest BCUT2D eigenvalue weighted by Gasteiger charge is -2.30. The first-order valence-corrected chi connectivity index (χ1v) is 6.90. The third kappa shape index (κ3) is 2.81. The smallest absolute Gasteiger partial charge is 0.257 e. The summed E-state index contributed by atoms with van der Waals surface area (Å²) >= 11 is 0. The number of nitrogens with zero attached hydrogens (tertiary/aromatic N) is 3. The highest BCUT2D eigenvalue weighted by Crippen LogP contribution is 2.20. The van der Waals surface area contributed by atoms with E-state index < -0.39 is 0 Å². The fraction of sp³-hybridized carbons (Fsp3) is 0.714. The predicted molar refractivity (Wildman–Crippen MR) is 75.1 cm³/mol. The molecule has 1 aromatic rings. The van der Waals surface area contributed by atoms with Crippen molar-refractivity contribution in [3.8, 4) is 0 Å². The van der Waals surface area contributed by atoms with Gasteiger partial charge >= 0.3 is 0 Å². The van der Waals surface area contributed by atoms with Crippen LogP contribution >= 0.6 is 0 Å². The number of likely N-dealkylation sites (tertiary alicyclic amines) is 1. The molecule has 0 unspecified atom stereocenters. The fourth-order valence-corrected chi connectivity index (χ4v) is 2.66. The summed E-state index contributed by atoms with van der Waals surface area (Å²) in [4.78, 5) is 14.4. The minimum atomic E-state index is -0.110. The molecule has 1 fully saturated rings. The third-order valence-corrected chi connectivity index (χ3v) is 3.62. The molecule has 1 saturated heterocycles. The Labute approximate surface area is 114 Å². The van der Waals surface area contributed by atoms with Crippen molar-refractivity contribution in [3.05, 3.63) is 17.5 Å². The molecule has 1 amide bonds. The first-order valence-electron chi connectivity index (χ1n) is 6.90. The van der Waals surface area contributed by atoms with E-state index in [0.29, 0.717) is 12.1 Å². The minimum Gasteiger partial charge on any atom is -0.337 e. The highest BCUT2D eigenvalue weighted by molar-refractivity contribution is 5.95. The molecule has 1 atom stereocenters. The van der Waals surface area contributed by atoms with Crippen LogP contribution in [0.5, 0.6) is 0 Å². The van der Waals surface area contributed by atoms with Crippen molar-refractivity contribution in [1.29, 1.82) is 0 Å². The van der Waals surface area contributed by atoms with Gasteiger partial charge in [0.2, 0.25) is 0 Å². The van der Waals surface area contributed by atoms with Crippen molar-refractivity contribution in [1.82, 2.24) is 14.7 Å². The van der Waals surface area contributed by atoms with Gasteiger partial charge in [0.15, 0.2) is 0 Å². The van der Waals surface area contributed by atoms with Gasteiger partial charge in [-0.1, -0.05) is 0 Å². The molecule has 2 heterocycles. The molecule has 106 valence electrons. The molecule has 1 aliphatic rings. The molecule has 0 radical (unpaired) electrons. The maximum Gasteiger partial charge on any atom is 0.257 e. The lowest BCUT2D eigenvalue weighted by molar-refractivity contribution is 0.0707. The van der Waals surface area contributed by atoms with Gasteiger partial charge in [0, 0.05) is 24.8 Å². The van der Waals surface area contributed by atoms with Gasteiger partial charge in [-0.05, 0) is 40.5 Å². The average Bonchev–Trinajstić information content (AvgIpc) is 2.70. The van der Waals surface area contributed by atoms with Crippen LogP contribution < -0.4 is 5.73 Å². The topological polar surface area (TPSA) is 64.2 Å². The first kappa shape index (κ1) is 14.1. The summed E-state index contributed by atoms with van der Waals surface area (Å²) in [6.07, 6.45) is 3.67. The quantitative estimate of drug-likeness (QED) is 0.836. The largest absolute Gasteiger partial charge is 0.337 e. The van der Waals surface area contributed by atoms with Crippen molar-refractivity contribution in [3.63, 3.8) is 0 Å². The van der Waals surface area contributed by atoms with E-state index in [1.54, 1.807) is 6.20 Å². The van der Waals surface area contributed by atoms with Gasteiger partial charge in [-0.2, -0.15) is 5.10 Å². The van der Waals surface area contributed by atoms with Gasteiger partial charge in [0.25, 0.3) is 5.91 Å². The maximum absolute atomic E-state index is 12.5. The predicted octanol–water partition coefficient (Wildman–Crippen LogP) is 1.51. The molecule has 0 aromatic carbocycles. The van der Waals surface area contributed by atoms with Crippen LogP contribution in [0.25, 0.3) is 0 Å². The average molecular weight is 264 g/mol. The van der Waals surface area contributed by atoms with Crippen LogP contribution in [0.2, 0.25) is 0 Å². The monoisotopic (exact) mass is 264 g/mol. The number of rotatable bonds is 1. The number of hydrogen-bond acceptors (Lipinski definition) is 3. The zero-order chi connectivity index (χ0) is 14.2. The number of carbonyl (C=O) groups excluding carboxylic acids is 1. The summed E-state index contributed by atoms with van der Waals surface area (Å²) in [7, 11) is 0. The summed E-state index contributed by atoms with van der Waals surface area (Å²) in [5.74, 6) is 0.0585. The van der Waals surface area contributed by atoms with Crippen LogP contribution in [-0.2, 0) is 5.54 Å². The van der Waals surface area contributed by atoms with Crippen LogP contribution in [0.15, 0.2) is 6.20 Å². The SMILES string of the molecule is Cc1c(C(=O)N2CCC[C@H](N)C2)cnn1C(C)(C)C. The van der Waals surface area contributed by atoms with Gasteiger partial charge in [-0.15, -0.1) is 0 Å².